The Morgan fingerprint density at radius 2 is 1.84 bits per heavy atom. The summed E-state index contributed by atoms with van der Waals surface area (Å²) in [5.41, 5.74) is 2.05. The van der Waals surface area contributed by atoms with Crippen molar-refractivity contribution in [3.63, 3.8) is 0 Å². The van der Waals surface area contributed by atoms with Gasteiger partial charge in [0.2, 0.25) is 0 Å². The zero-order valence-electron chi connectivity index (χ0n) is 13.7. The molecule has 25 heavy (non-hydrogen) atoms. The minimum Gasteiger partial charge on any atom is -0.282 e. The highest BCUT2D eigenvalue weighted by Crippen LogP contribution is 2.30. The number of thiophene rings is 1. The van der Waals surface area contributed by atoms with E-state index in [0.717, 1.165) is 22.5 Å². The molecular formula is C17H18ClN3O2S2. The van der Waals surface area contributed by atoms with Gasteiger partial charge in [0.15, 0.2) is 0 Å². The van der Waals surface area contributed by atoms with E-state index in [-0.39, 0.29) is 10.3 Å². The second-order valence-corrected chi connectivity index (χ2v) is 9.77. The molecule has 1 fully saturated rings. The molecule has 1 unspecified atom stereocenters. The van der Waals surface area contributed by atoms with Crippen molar-refractivity contribution in [3.8, 4) is 6.07 Å². The van der Waals surface area contributed by atoms with Crippen LogP contribution in [0.1, 0.15) is 17.2 Å². The van der Waals surface area contributed by atoms with Gasteiger partial charge in [-0.3, -0.25) is 4.90 Å². The van der Waals surface area contributed by atoms with E-state index in [0.29, 0.717) is 30.5 Å². The molecule has 132 valence electrons. The largest absolute Gasteiger partial charge is 0.282 e. The van der Waals surface area contributed by atoms with Gasteiger partial charge in [0.25, 0.3) is 10.0 Å². The van der Waals surface area contributed by atoms with Crippen molar-refractivity contribution >= 4 is 33.0 Å². The molecule has 3 rings (SSSR count). The standard InChI is InChI=1S/C17H18ClN3O2S2/c1-13-4-2-3-5-14(13)15(12-19)20-8-10-21(11-9-20)25(22,23)17-7-6-16(18)24-17/h2-7,15H,8-11H2,1H3. The number of nitrogens with zero attached hydrogens (tertiary/aromatic N) is 3. The monoisotopic (exact) mass is 395 g/mol. The van der Waals surface area contributed by atoms with E-state index in [1.165, 1.54) is 4.31 Å². The lowest BCUT2D eigenvalue weighted by atomic mass is 10.0. The van der Waals surface area contributed by atoms with Crippen LogP contribution in [-0.4, -0.2) is 43.8 Å². The maximum Gasteiger partial charge on any atom is 0.252 e. The van der Waals surface area contributed by atoms with Crippen LogP contribution in [0.25, 0.3) is 0 Å². The summed E-state index contributed by atoms with van der Waals surface area (Å²) in [6.07, 6.45) is 0. The zero-order chi connectivity index (χ0) is 18.0. The van der Waals surface area contributed by atoms with Gasteiger partial charge in [-0.2, -0.15) is 9.57 Å². The lowest BCUT2D eigenvalue weighted by molar-refractivity contribution is 0.162. The highest BCUT2D eigenvalue weighted by Gasteiger charge is 2.32. The van der Waals surface area contributed by atoms with E-state index >= 15 is 0 Å². The molecule has 0 amide bonds. The molecule has 5 nitrogen and oxygen atoms in total. The molecule has 0 radical (unpaired) electrons. The quantitative estimate of drug-likeness (QED) is 0.796. The molecule has 0 bridgehead atoms. The summed E-state index contributed by atoms with van der Waals surface area (Å²) in [6, 6.07) is 13.0. The van der Waals surface area contributed by atoms with Crippen molar-refractivity contribution in [2.24, 2.45) is 0 Å². The van der Waals surface area contributed by atoms with Gasteiger partial charge in [-0.15, -0.1) is 11.3 Å². The van der Waals surface area contributed by atoms with Crippen LogP contribution in [0, 0.1) is 18.3 Å². The van der Waals surface area contributed by atoms with Crippen LogP contribution in [0.5, 0.6) is 0 Å². The number of rotatable bonds is 4. The fraction of sp³-hybridized carbons (Fsp3) is 0.353. The molecule has 2 aromatic rings. The summed E-state index contributed by atoms with van der Waals surface area (Å²) < 4.78 is 27.5. The minimum absolute atomic E-state index is 0.265. The number of hydrogen-bond acceptors (Lipinski definition) is 5. The number of nitriles is 1. The zero-order valence-corrected chi connectivity index (χ0v) is 16.1. The molecule has 1 aromatic heterocycles. The Bertz CT molecular complexity index is 897. The number of piperazine rings is 1. The number of aryl methyl sites for hydroxylation is 1. The van der Waals surface area contributed by atoms with Gasteiger partial charge in [-0.25, -0.2) is 8.42 Å². The molecule has 1 aliphatic rings. The van der Waals surface area contributed by atoms with E-state index in [1.807, 2.05) is 36.1 Å². The Kier molecular flexibility index (Phi) is 5.46. The molecule has 0 N–H and O–H groups in total. The predicted molar refractivity (Wildman–Crippen MR) is 99.2 cm³/mol. The van der Waals surface area contributed by atoms with Crippen molar-refractivity contribution in [2.75, 3.05) is 26.2 Å². The Balaban J connectivity index is 1.73. The fourth-order valence-corrected chi connectivity index (χ4v) is 6.07. The number of sulfonamides is 1. The second-order valence-electron chi connectivity index (χ2n) is 5.89. The average Bonchev–Trinajstić information content (AvgIpc) is 3.05. The summed E-state index contributed by atoms with van der Waals surface area (Å²) >= 11 is 6.93. The van der Waals surface area contributed by atoms with Gasteiger partial charge in [-0.05, 0) is 30.2 Å². The summed E-state index contributed by atoms with van der Waals surface area (Å²) in [5.74, 6) is 0. The SMILES string of the molecule is Cc1ccccc1C(C#N)N1CCN(S(=O)(=O)c2ccc(Cl)s2)CC1. The van der Waals surface area contributed by atoms with Crippen LogP contribution in [0.2, 0.25) is 4.34 Å². The molecule has 1 aliphatic heterocycles. The average molecular weight is 396 g/mol. The summed E-state index contributed by atoms with van der Waals surface area (Å²) in [4.78, 5) is 2.04. The topological polar surface area (TPSA) is 64.4 Å². The maximum atomic E-state index is 12.7. The highest BCUT2D eigenvalue weighted by molar-refractivity contribution is 7.91. The number of hydrogen-bond donors (Lipinski definition) is 0. The first-order chi connectivity index (χ1) is 11.9. The van der Waals surface area contributed by atoms with Gasteiger partial charge in [-0.1, -0.05) is 35.9 Å². The van der Waals surface area contributed by atoms with Crippen molar-refractivity contribution in [1.29, 1.82) is 5.26 Å². The van der Waals surface area contributed by atoms with Crippen molar-refractivity contribution < 1.29 is 8.42 Å². The van der Waals surface area contributed by atoms with Crippen LogP contribution in [0.4, 0.5) is 0 Å². The second kappa shape index (κ2) is 7.44. The number of benzene rings is 1. The third-order valence-electron chi connectivity index (χ3n) is 4.39. The number of halogens is 1. The molecule has 0 aliphatic carbocycles. The molecule has 2 heterocycles. The molecule has 0 spiro atoms. The smallest absolute Gasteiger partial charge is 0.252 e. The first kappa shape index (κ1) is 18.4. The summed E-state index contributed by atoms with van der Waals surface area (Å²) in [7, 11) is -3.51. The molecule has 0 saturated carbocycles. The minimum atomic E-state index is -3.51. The summed E-state index contributed by atoms with van der Waals surface area (Å²) in [6.45, 7) is 3.75. The highest BCUT2D eigenvalue weighted by atomic mass is 35.5. The molecule has 1 aromatic carbocycles. The Morgan fingerprint density at radius 3 is 2.40 bits per heavy atom. The van der Waals surface area contributed by atoms with E-state index in [4.69, 9.17) is 11.6 Å². The van der Waals surface area contributed by atoms with Crippen LogP contribution in [0.15, 0.2) is 40.6 Å². The Morgan fingerprint density at radius 1 is 1.16 bits per heavy atom. The Labute approximate surface area is 157 Å². The van der Waals surface area contributed by atoms with Gasteiger partial charge in [0.1, 0.15) is 10.3 Å². The third kappa shape index (κ3) is 3.73. The first-order valence-electron chi connectivity index (χ1n) is 7.88. The molecule has 1 saturated heterocycles. The van der Waals surface area contributed by atoms with Gasteiger partial charge >= 0.3 is 0 Å². The normalized spacial score (nSPS) is 18.0. The predicted octanol–water partition coefficient (Wildman–Crippen LogP) is 3.28. The van der Waals surface area contributed by atoms with Crippen molar-refractivity contribution in [3.05, 3.63) is 51.9 Å². The van der Waals surface area contributed by atoms with E-state index in [9.17, 15) is 13.7 Å². The molecular weight excluding hydrogens is 378 g/mol. The lowest BCUT2D eigenvalue weighted by Crippen LogP contribution is -2.49. The summed E-state index contributed by atoms with van der Waals surface area (Å²) in [5, 5.41) is 9.63. The fourth-order valence-electron chi connectivity index (χ4n) is 3.01. The van der Waals surface area contributed by atoms with E-state index < -0.39 is 10.0 Å². The van der Waals surface area contributed by atoms with E-state index in [2.05, 4.69) is 6.07 Å². The third-order valence-corrected chi connectivity index (χ3v) is 7.98. The molecule has 1 atom stereocenters. The van der Waals surface area contributed by atoms with E-state index in [1.54, 1.807) is 12.1 Å². The van der Waals surface area contributed by atoms with Crippen LogP contribution < -0.4 is 0 Å². The van der Waals surface area contributed by atoms with Crippen LogP contribution in [-0.2, 0) is 10.0 Å². The Hall–Kier alpha value is -1.43. The van der Waals surface area contributed by atoms with Crippen LogP contribution >= 0.6 is 22.9 Å². The van der Waals surface area contributed by atoms with Gasteiger partial charge in [0.05, 0.1) is 10.4 Å². The van der Waals surface area contributed by atoms with Crippen molar-refractivity contribution in [2.45, 2.75) is 17.2 Å². The van der Waals surface area contributed by atoms with Crippen molar-refractivity contribution in [1.82, 2.24) is 9.21 Å². The van der Waals surface area contributed by atoms with Crippen LogP contribution in [0.3, 0.4) is 0 Å². The van der Waals surface area contributed by atoms with Gasteiger partial charge in [0, 0.05) is 26.2 Å². The molecule has 8 heteroatoms. The lowest BCUT2D eigenvalue weighted by Gasteiger charge is -2.36. The first-order valence-corrected chi connectivity index (χ1v) is 10.5. The van der Waals surface area contributed by atoms with Gasteiger partial charge < -0.3 is 0 Å². The maximum absolute atomic E-state index is 12.7.